The van der Waals surface area contributed by atoms with Crippen LogP contribution in [-0.4, -0.2) is 34.6 Å². The van der Waals surface area contributed by atoms with E-state index in [2.05, 4.69) is 5.32 Å². The number of carbonyl (C=O) groups excluding carboxylic acids is 2. The number of rotatable bonds is 12. The van der Waals surface area contributed by atoms with Crippen molar-refractivity contribution in [1.82, 2.24) is 10.2 Å². The maximum atomic E-state index is 13.5. The van der Waals surface area contributed by atoms with Crippen LogP contribution < -0.4 is 5.32 Å². The summed E-state index contributed by atoms with van der Waals surface area (Å²) in [6, 6.07) is 21.0. The van der Waals surface area contributed by atoms with Crippen LogP contribution in [0.15, 0.2) is 78.9 Å². The molecular formula is C29H32F2N2O2S. The standard InChI is InChI=1S/C29H32F2N2O2S/c1-3-21(2)32-29(35)27(17-22-7-5-4-6-8-22)33(18-23-9-13-25(30)14-10-23)28(34)20-36-19-24-11-15-26(31)16-12-24/h4-16,21,27H,3,17-20H2,1-2H3,(H,32,35)/t21-,27-/m1/s1. The van der Waals surface area contributed by atoms with Gasteiger partial charge < -0.3 is 10.2 Å². The molecule has 0 bridgehead atoms. The predicted molar refractivity (Wildman–Crippen MR) is 141 cm³/mol. The molecule has 0 aliphatic rings. The maximum Gasteiger partial charge on any atom is 0.243 e. The number of halogens is 2. The highest BCUT2D eigenvalue weighted by Crippen LogP contribution is 2.19. The molecule has 190 valence electrons. The molecule has 0 radical (unpaired) electrons. The minimum Gasteiger partial charge on any atom is -0.352 e. The summed E-state index contributed by atoms with van der Waals surface area (Å²) in [4.78, 5) is 28.6. The molecule has 7 heteroatoms. The number of nitrogens with one attached hydrogen (secondary N) is 1. The molecule has 0 heterocycles. The van der Waals surface area contributed by atoms with Crippen LogP contribution in [0, 0.1) is 11.6 Å². The second kappa shape index (κ2) is 13.8. The van der Waals surface area contributed by atoms with Crippen LogP contribution in [0.25, 0.3) is 0 Å². The highest BCUT2D eigenvalue weighted by atomic mass is 32.2. The Morgan fingerprint density at radius 2 is 1.44 bits per heavy atom. The van der Waals surface area contributed by atoms with Crippen LogP contribution in [0.2, 0.25) is 0 Å². The molecule has 0 unspecified atom stereocenters. The molecule has 0 aliphatic heterocycles. The summed E-state index contributed by atoms with van der Waals surface area (Å²) in [5, 5.41) is 3.03. The van der Waals surface area contributed by atoms with Gasteiger partial charge in [-0.1, -0.05) is 61.5 Å². The van der Waals surface area contributed by atoms with Gasteiger partial charge >= 0.3 is 0 Å². The van der Waals surface area contributed by atoms with Crippen LogP contribution in [0.4, 0.5) is 8.78 Å². The number of amides is 2. The van der Waals surface area contributed by atoms with Crippen molar-refractivity contribution >= 4 is 23.6 Å². The fraction of sp³-hybridized carbons (Fsp3) is 0.310. The number of hydrogen-bond donors (Lipinski definition) is 1. The van der Waals surface area contributed by atoms with E-state index in [0.29, 0.717) is 12.2 Å². The fourth-order valence-electron chi connectivity index (χ4n) is 3.70. The van der Waals surface area contributed by atoms with Gasteiger partial charge in [0.05, 0.1) is 5.75 Å². The SMILES string of the molecule is CC[C@@H](C)NC(=O)[C@@H](Cc1ccccc1)N(Cc1ccc(F)cc1)C(=O)CSCc1ccc(F)cc1. The molecule has 1 N–H and O–H groups in total. The van der Waals surface area contributed by atoms with Crippen LogP contribution in [0.5, 0.6) is 0 Å². The average molecular weight is 511 g/mol. The molecule has 0 spiro atoms. The molecule has 3 aromatic carbocycles. The van der Waals surface area contributed by atoms with Crippen molar-refractivity contribution in [3.63, 3.8) is 0 Å². The van der Waals surface area contributed by atoms with Crippen molar-refractivity contribution in [3.8, 4) is 0 Å². The molecule has 3 rings (SSSR count). The molecule has 0 fully saturated rings. The van der Waals surface area contributed by atoms with Crippen molar-refractivity contribution in [2.45, 2.75) is 51.1 Å². The third-order valence-electron chi connectivity index (χ3n) is 5.95. The number of benzene rings is 3. The zero-order chi connectivity index (χ0) is 25.9. The van der Waals surface area contributed by atoms with E-state index in [1.807, 2.05) is 44.2 Å². The fourth-order valence-corrected chi connectivity index (χ4v) is 4.57. The Morgan fingerprint density at radius 3 is 2.03 bits per heavy atom. The van der Waals surface area contributed by atoms with Crippen LogP contribution in [0.1, 0.15) is 37.0 Å². The van der Waals surface area contributed by atoms with Gasteiger partial charge in [-0.15, -0.1) is 11.8 Å². The summed E-state index contributed by atoms with van der Waals surface area (Å²) in [7, 11) is 0. The summed E-state index contributed by atoms with van der Waals surface area (Å²) >= 11 is 1.41. The molecule has 36 heavy (non-hydrogen) atoms. The van der Waals surface area contributed by atoms with E-state index in [9.17, 15) is 18.4 Å². The number of nitrogens with zero attached hydrogens (tertiary/aromatic N) is 1. The van der Waals surface area contributed by atoms with Gasteiger partial charge in [0.1, 0.15) is 17.7 Å². The van der Waals surface area contributed by atoms with Crippen molar-refractivity contribution in [1.29, 1.82) is 0 Å². The zero-order valence-corrected chi connectivity index (χ0v) is 21.4. The molecule has 4 nitrogen and oxygen atoms in total. The summed E-state index contributed by atoms with van der Waals surface area (Å²) in [6.45, 7) is 4.11. The van der Waals surface area contributed by atoms with Gasteiger partial charge in [-0.3, -0.25) is 9.59 Å². The Kier molecular flexibility index (Phi) is 10.5. The van der Waals surface area contributed by atoms with E-state index in [-0.39, 0.29) is 41.8 Å². The van der Waals surface area contributed by atoms with Crippen molar-refractivity contribution in [3.05, 3.63) is 107 Å². The third-order valence-corrected chi connectivity index (χ3v) is 6.93. The largest absolute Gasteiger partial charge is 0.352 e. The third kappa shape index (κ3) is 8.48. The van der Waals surface area contributed by atoms with E-state index in [0.717, 1.165) is 23.1 Å². The van der Waals surface area contributed by atoms with Gasteiger partial charge in [0.2, 0.25) is 11.8 Å². The first-order valence-electron chi connectivity index (χ1n) is 12.1. The van der Waals surface area contributed by atoms with Gasteiger partial charge in [0.15, 0.2) is 0 Å². The Hall–Kier alpha value is -3.19. The van der Waals surface area contributed by atoms with Gasteiger partial charge in [0.25, 0.3) is 0 Å². The first kappa shape index (κ1) is 27.4. The summed E-state index contributed by atoms with van der Waals surface area (Å²) < 4.78 is 26.7. The Labute approximate surface area is 216 Å². The highest BCUT2D eigenvalue weighted by Gasteiger charge is 2.30. The summed E-state index contributed by atoms with van der Waals surface area (Å²) in [5.41, 5.74) is 2.59. The Balaban J connectivity index is 1.84. The normalized spacial score (nSPS) is 12.6. The lowest BCUT2D eigenvalue weighted by molar-refractivity contribution is -0.139. The van der Waals surface area contributed by atoms with E-state index in [4.69, 9.17) is 0 Å². The first-order chi connectivity index (χ1) is 17.4. The number of thioether (sulfide) groups is 1. The van der Waals surface area contributed by atoms with Crippen LogP contribution in [0.3, 0.4) is 0 Å². The maximum absolute atomic E-state index is 13.5. The Bertz CT molecular complexity index is 1110. The molecule has 2 atom stereocenters. The molecule has 0 aliphatic carbocycles. The molecule has 3 aromatic rings. The zero-order valence-electron chi connectivity index (χ0n) is 20.6. The van der Waals surface area contributed by atoms with Crippen molar-refractivity contribution < 1.29 is 18.4 Å². The van der Waals surface area contributed by atoms with Gasteiger partial charge in [0, 0.05) is 24.8 Å². The smallest absolute Gasteiger partial charge is 0.243 e. The van der Waals surface area contributed by atoms with E-state index < -0.39 is 6.04 Å². The van der Waals surface area contributed by atoms with Crippen LogP contribution in [-0.2, 0) is 28.3 Å². The summed E-state index contributed by atoms with van der Waals surface area (Å²) in [6.07, 6.45) is 1.13. The van der Waals surface area contributed by atoms with Gasteiger partial charge in [-0.2, -0.15) is 0 Å². The lowest BCUT2D eigenvalue weighted by Gasteiger charge is -2.32. The van der Waals surface area contributed by atoms with E-state index in [1.165, 1.54) is 36.0 Å². The molecule has 0 saturated carbocycles. The minimum atomic E-state index is -0.731. The second-order valence-corrected chi connectivity index (χ2v) is 9.78. The topological polar surface area (TPSA) is 49.4 Å². The van der Waals surface area contributed by atoms with Crippen molar-refractivity contribution in [2.24, 2.45) is 0 Å². The number of hydrogen-bond acceptors (Lipinski definition) is 3. The Morgan fingerprint density at radius 1 is 0.861 bits per heavy atom. The van der Waals surface area contributed by atoms with Gasteiger partial charge in [-0.25, -0.2) is 8.78 Å². The van der Waals surface area contributed by atoms with Gasteiger partial charge in [-0.05, 0) is 54.3 Å². The quantitative estimate of drug-likeness (QED) is 0.337. The first-order valence-corrected chi connectivity index (χ1v) is 13.2. The monoisotopic (exact) mass is 510 g/mol. The van der Waals surface area contributed by atoms with E-state index in [1.54, 1.807) is 29.2 Å². The lowest BCUT2D eigenvalue weighted by Crippen LogP contribution is -2.52. The van der Waals surface area contributed by atoms with Crippen LogP contribution >= 0.6 is 11.8 Å². The molecule has 2 amide bonds. The second-order valence-electron chi connectivity index (χ2n) is 8.79. The minimum absolute atomic E-state index is 0.0357. The highest BCUT2D eigenvalue weighted by molar-refractivity contribution is 7.99. The molecule has 0 aromatic heterocycles. The molecular weight excluding hydrogens is 478 g/mol. The van der Waals surface area contributed by atoms with Crippen molar-refractivity contribution in [2.75, 3.05) is 5.75 Å². The summed E-state index contributed by atoms with van der Waals surface area (Å²) in [5.74, 6) is -0.374. The average Bonchev–Trinajstić information content (AvgIpc) is 2.88. The van der Waals surface area contributed by atoms with E-state index >= 15 is 0 Å². The molecule has 0 saturated heterocycles. The predicted octanol–water partition coefficient (Wildman–Crippen LogP) is 5.75. The number of carbonyl (C=O) groups is 2. The lowest BCUT2D eigenvalue weighted by atomic mass is 10.0.